The molecule has 4 nitrogen and oxygen atoms in total. The second kappa shape index (κ2) is 6.06. The van der Waals surface area contributed by atoms with Crippen LogP contribution in [0.3, 0.4) is 0 Å². The normalized spacial score (nSPS) is 29.1. The van der Waals surface area contributed by atoms with E-state index in [1.54, 1.807) is 7.11 Å². The lowest BCUT2D eigenvalue weighted by molar-refractivity contribution is -0.143. The zero-order valence-electron chi connectivity index (χ0n) is 13.0. The van der Waals surface area contributed by atoms with Gasteiger partial charge in [0.05, 0.1) is 19.1 Å². The van der Waals surface area contributed by atoms with Gasteiger partial charge in [0.2, 0.25) is 0 Å². The topological polar surface area (TPSA) is 55.8 Å². The van der Waals surface area contributed by atoms with Crippen molar-refractivity contribution in [1.29, 1.82) is 0 Å². The van der Waals surface area contributed by atoms with Gasteiger partial charge >= 0.3 is 5.97 Å². The van der Waals surface area contributed by atoms with Crippen molar-refractivity contribution in [2.24, 2.45) is 0 Å². The molecule has 1 heterocycles. The van der Waals surface area contributed by atoms with Crippen molar-refractivity contribution < 1.29 is 19.4 Å². The third-order valence-corrected chi connectivity index (χ3v) is 4.68. The Hall–Kier alpha value is -1.55. The Labute approximate surface area is 126 Å². The molecule has 21 heavy (non-hydrogen) atoms. The van der Waals surface area contributed by atoms with Crippen LogP contribution < -0.4 is 4.74 Å². The summed E-state index contributed by atoms with van der Waals surface area (Å²) in [4.78, 5) is 11.4. The van der Waals surface area contributed by atoms with Crippen LogP contribution in [0.1, 0.15) is 45.1 Å². The summed E-state index contributed by atoms with van der Waals surface area (Å²) in [5.41, 5.74) is 0.447. The highest BCUT2D eigenvalue weighted by Gasteiger charge is 2.44. The van der Waals surface area contributed by atoms with Gasteiger partial charge < -0.3 is 14.6 Å². The largest absolute Gasteiger partial charge is 0.497 e. The van der Waals surface area contributed by atoms with E-state index in [1.165, 1.54) is 0 Å². The van der Waals surface area contributed by atoms with E-state index >= 15 is 0 Å². The molecule has 0 aliphatic carbocycles. The van der Waals surface area contributed by atoms with Crippen molar-refractivity contribution in [3.8, 4) is 5.75 Å². The van der Waals surface area contributed by atoms with Crippen LogP contribution >= 0.6 is 0 Å². The SMILES string of the molecule is CC[C@@]1(C)C[C@@](CC(=O)O)(c2ccc(OC)cc2)CCO1. The summed E-state index contributed by atoms with van der Waals surface area (Å²) in [6.45, 7) is 4.76. The molecule has 1 aromatic rings. The van der Waals surface area contributed by atoms with Crippen LogP contribution in [0.2, 0.25) is 0 Å². The van der Waals surface area contributed by atoms with Gasteiger partial charge in [-0.3, -0.25) is 4.79 Å². The van der Waals surface area contributed by atoms with Gasteiger partial charge in [0.25, 0.3) is 0 Å². The van der Waals surface area contributed by atoms with Gasteiger partial charge in [0.1, 0.15) is 5.75 Å². The second-order valence-corrected chi connectivity index (χ2v) is 6.16. The van der Waals surface area contributed by atoms with Gasteiger partial charge in [0.15, 0.2) is 0 Å². The number of rotatable bonds is 5. The Morgan fingerprint density at radius 1 is 1.38 bits per heavy atom. The van der Waals surface area contributed by atoms with Crippen LogP contribution in [0, 0.1) is 0 Å². The summed E-state index contributed by atoms with van der Waals surface area (Å²) in [5, 5.41) is 9.37. The van der Waals surface area contributed by atoms with E-state index in [9.17, 15) is 9.90 Å². The van der Waals surface area contributed by atoms with Crippen molar-refractivity contribution in [2.45, 2.75) is 50.5 Å². The Morgan fingerprint density at radius 2 is 2.05 bits per heavy atom. The molecule has 4 heteroatoms. The summed E-state index contributed by atoms with van der Waals surface area (Å²) in [5.74, 6) is 0.0284. The van der Waals surface area contributed by atoms with E-state index in [1.807, 2.05) is 24.3 Å². The maximum Gasteiger partial charge on any atom is 0.304 e. The third-order valence-electron chi connectivity index (χ3n) is 4.68. The fraction of sp³-hybridized carbons (Fsp3) is 0.588. The summed E-state index contributed by atoms with van der Waals surface area (Å²) < 4.78 is 11.1. The fourth-order valence-electron chi connectivity index (χ4n) is 3.31. The quantitative estimate of drug-likeness (QED) is 0.904. The Bertz CT molecular complexity index is 496. The lowest BCUT2D eigenvalue weighted by atomic mass is 9.66. The molecule has 1 aliphatic rings. The van der Waals surface area contributed by atoms with Crippen molar-refractivity contribution >= 4 is 5.97 Å². The first-order valence-electron chi connectivity index (χ1n) is 7.43. The molecule has 1 aromatic carbocycles. The minimum Gasteiger partial charge on any atom is -0.497 e. The maximum atomic E-state index is 11.4. The first kappa shape index (κ1) is 15.8. The summed E-state index contributed by atoms with van der Waals surface area (Å²) in [7, 11) is 1.63. The summed E-state index contributed by atoms with van der Waals surface area (Å²) in [6.07, 6.45) is 2.49. The average molecular weight is 292 g/mol. The summed E-state index contributed by atoms with van der Waals surface area (Å²) >= 11 is 0. The monoisotopic (exact) mass is 292 g/mol. The van der Waals surface area contributed by atoms with Gasteiger partial charge in [-0.15, -0.1) is 0 Å². The minimum atomic E-state index is -0.758. The number of benzene rings is 1. The Balaban J connectivity index is 2.38. The lowest BCUT2D eigenvalue weighted by Gasteiger charge is -2.46. The molecule has 0 unspecified atom stereocenters. The molecule has 0 saturated carbocycles. The number of aliphatic carboxylic acids is 1. The van der Waals surface area contributed by atoms with Crippen LogP contribution in [0.25, 0.3) is 0 Å². The molecule has 1 N–H and O–H groups in total. The van der Waals surface area contributed by atoms with Crippen LogP contribution in [0.5, 0.6) is 5.75 Å². The molecule has 1 fully saturated rings. The van der Waals surface area contributed by atoms with E-state index in [-0.39, 0.29) is 17.4 Å². The zero-order valence-corrected chi connectivity index (χ0v) is 13.0. The van der Waals surface area contributed by atoms with E-state index in [4.69, 9.17) is 9.47 Å². The van der Waals surface area contributed by atoms with Gasteiger partial charge in [-0.1, -0.05) is 19.1 Å². The average Bonchev–Trinajstić information content (AvgIpc) is 2.47. The molecule has 116 valence electrons. The number of carboxylic acid groups (broad SMARTS) is 1. The Morgan fingerprint density at radius 3 is 2.57 bits per heavy atom. The van der Waals surface area contributed by atoms with Gasteiger partial charge in [-0.05, 0) is 43.9 Å². The molecule has 1 saturated heterocycles. The van der Waals surface area contributed by atoms with E-state index < -0.39 is 5.97 Å². The highest BCUT2D eigenvalue weighted by molar-refractivity contribution is 5.69. The molecule has 2 rings (SSSR count). The fourth-order valence-corrected chi connectivity index (χ4v) is 3.31. The molecule has 0 aromatic heterocycles. The number of hydrogen-bond donors (Lipinski definition) is 1. The number of methoxy groups -OCH3 is 1. The van der Waals surface area contributed by atoms with Crippen LogP contribution in [0.4, 0.5) is 0 Å². The molecule has 0 radical (unpaired) electrons. The number of ether oxygens (including phenoxy) is 2. The molecule has 2 atom stereocenters. The van der Waals surface area contributed by atoms with E-state index in [2.05, 4.69) is 13.8 Å². The van der Waals surface area contributed by atoms with Gasteiger partial charge in [-0.25, -0.2) is 0 Å². The predicted octanol–water partition coefficient (Wildman–Crippen LogP) is 3.39. The van der Waals surface area contributed by atoms with Crippen molar-refractivity contribution in [1.82, 2.24) is 0 Å². The van der Waals surface area contributed by atoms with Crippen molar-refractivity contribution in [3.63, 3.8) is 0 Å². The highest BCUT2D eigenvalue weighted by atomic mass is 16.5. The lowest BCUT2D eigenvalue weighted by Crippen LogP contribution is -2.46. The van der Waals surface area contributed by atoms with E-state index in [0.29, 0.717) is 6.61 Å². The number of carboxylic acids is 1. The number of carbonyl (C=O) groups is 1. The second-order valence-electron chi connectivity index (χ2n) is 6.16. The molecular formula is C17H24O4. The smallest absolute Gasteiger partial charge is 0.304 e. The molecule has 1 aliphatic heterocycles. The molecule has 0 bridgehead atoms. The maximum absolute atomic E-state index is 11.4. The van der Waals surface area contributed by atoms with Crippen LogP contribution in [0.15, 0.2) is 24.3 Å². The predicted molar refractivity (Wildman–Crippen MR) is 80.8 cm³/mol. The molecule has 0 spiro atoms. The van der Waals surface area contributed by atoms with Crippen LogP contribution in [-0.4, -0.2) is 30.4 Å². The van der Waals surface area contributed by atoms with E-state index in [0.717, 1.165) is 30.6 Å². The third kappa shape index (κ3) is 3.38. The summed E-state index contributed by atoms with van der Waals surface area (Å²) in [6, 6.07) is 7.78. The molecular weight excluding hydrogens is 268 g/mol. The molecule has 0 amide bonds. The van der Waals surface area contributed by atoms with Crippen molar-refractivity contribution in [3.05, 3.63) is 29.8 Å². The number of hydrogen-bond acceptors (Lipinski definition) is 3. The van der Waals surface area contributed by atoms with Gasteiger partial charge in [0, 0.05) is 12.0 Å². The van der Waals surface area contributed by atoms with Gasteiger partial charge in [-0.2, -0.15) is 0 Å². The standard InChI is InChI=1S/C17H24O4/c1-4-16(2)12-17(9-10-21-16,11-15(18)19)13-5-7-14(20-3)8-6-13/h5-8H,4,9-12H2,1-3H3,(H,18,19)/t16-,17+/m0/s1. The highest BCUT2D eigenvalue weighted by Crippen LogP contribution is 2.45. The van der Waals surface area contributed by atoms with Crippen molar-refractivity contribution in [2.75, 3.05) is 13.7 Å². The Kier molecular flexibility index (Phi) is 4.57. The zero-order chi connectivity index (χ0) is 15.5. The first-order valence-corrected chi connectivity index (χ1v) is 7.43. The first-order chi connectivity index (χ1) is 9.93. The van der Waals surface area contributed by atoms with Crippen LogP contribution in [-0.2, 0) is 14.9 Å². The minimum absolute atomic E-state index is 0.137.